The normalized spacial score (nSPS) is 20.1. The van der Waals surface area contributed by atoms with E-state index in [1.165, 1.54) is 0 Å². The van der Waals surface area contributed by atoms with Crippen LogP contribution in [0.15, 0.2) is 12.1 Å². The van der Waals surface area contributed by atoms with Crippen LogP contribution in [-0.2, 0) is 11.2 Å². The van der Waals surface area contributed by atoms with Gasteiger partial charge in [-0.15, -0.1) is 0 Å². The van der Waals surface area contributed by atoms with Crippen LogP contribution in [0.3, 0.4) is 0 Å². The number of carbonyl (C=O) groups excluding carboxylic acids is 1. The fourth-order valence-corrected chi connectivity index (χ4v) is 1.68. The van der Waals surface area contributed by atoms with E-state index in [0.717, 1.165) is 12.1 Å². The summed E-state index contributed by atoms with van der Waals surface area (Å²) in [6.45, 7) is 1.98. The van der Waals surface area contributed by atoms with E-state index >= 15 is 0 Å². The number of hydrogen-bond donors (Lipinski definition) is 0. The van der Waals surface area contributed by atoms with Gasteiger partial charge in [-0.25, -0.2) is 9.78 Å². The second-order valence-electron chi connectivity index (χ2n) is 3.27. The fourth-order valence-electron chi connectivity index (χ4n) is 1.52. The Labute approximate surface area is 87.0 Å². The Morgan fingerprint density at radius 2 is 2.43 bits per heavy atom. The monoisotopic (exact) mass is 211 g/mol. The molecular formula is C10H10ClNO2. The molecule has 3 nitrogen and oxygen atoms in total. The molecule has 1 unspecified atom stereocenters. The van der Waals surface area contributed by atoms with E-state index in [9.17, 15) is 4.79 Å². The SMILES string of the molecule is CCC1Cc2nc(Cl)ccc2C(=O)O1. The quantitative estimate of drug-likeness (QED) is 0.528. The number of esters is 1. The molecule has 0 saturated carbocycles. The van der Waals surface area contributed by atoms with Gasteiger partial charge in [0.25, 0.3) is 0 Å². The molecule has 0 N–H and O–H groups in total. The minimum atomic E-state index is -0.290. The van der Waals surface area contributed by atoms with E-state index in [1.807, 2.05) is 6.92 Å². The molecule has 1 atom stereocenters. The fraction of sp³-hybridized carbons (Fsp3) is 0.400. The van der Waals surface area contributed by atoms with Crippen LogP contribution in [-0.4, -0.2) is 17.1 Å². The Bertz CT molecular complexity index is 378. The summed E-state index contributed by atoms with van der Waals surface area (Å²) in [6, 6.07) is 3.27. The first-order valence-electron chi connectivity index (χ1n) is 4.57. The summed E-state index contributed by atoms with van der Waals surface area (Å²) in [5.74, 6) is -0.290. The van der Waals surface area contributed by atoms with Crippen LogP contribution in [0, 0.1) is 0 Å². The number of fused-ring (bicyclic) bond motifs is 1. The van der Waals surface area contributed by atoms with Gasteiger partial charge in [-0.1, -0.05) is 18.5 Å². The van der Waals surface area contributed by atoms with Gasteiger partial charge in [0.1, 0.15) is 11.3 Å². The highest BCUT2D eigenvalue weighted by Gasteiger charge is 2.26. The number of aromatic nitrogens is 1. The zero-order chi connectivity index (χ0) is 10.1. The maximum absolute atomic E-state index is 11.5. The Balaban J connectivity index is 2.40. The van der Waals surface area contributed by atoms with Crippen LogP contribution >= 0.6 is 11.6 Å². The number of pyridine rings is 1. The first-order valence-corrected chi connectivity index (χ1v) is 4.95. The summed E-state index contributed by atoms with van der Waals surface area (Å²) < 4.78 is 5.18. The molecule has 74 valence electrons. The second-order valence-corrected chi connectivity index (χ2v) is 3.66. The van der Waals surface area contributed by atoms with Crippen LogP contribution in [0.25, 0.3) is 0 Å². The molecule has 1 aliphatic heterocycles. The van der Waals surface area contributed by atoms with Gasteiger partial charge in [0, 0.05) is 6.42 Å². The lowest BCUT2D eigenvalue weighted by molar-refractivity contribution is 0.0244. The van der Waals surface area contributed by atoms with Gasteiger partial charge < -0.3 is 4.74 Å². The van der Waals surface area contributed by atoms with Crippen molar-refractivity contribution in [2.75, 3.05) is 0 Å². The van der Waals surface area contributed by atoms with E-state index < -0.39 is 0 Å². The Morgan fingerprint density at radius 3 is 3.14 bits per heavy atom. The van der Waals surface area contributed by atoms with Gasteiger partial charge in [-0.05, 0) is 18.6 Å². The molecule has 0 bridgehead atoms. The molecule has 0 radical (unpaired) electrons. The van der Waals surface area contributed by atoms with Crippen molar-refractivity contribution in [3.8, 4) is 0 Å². The third-order valence-electron chi connectivity index (χ3n) is 2.31. The summed E-state index contributed by atoms with van der Waals surface area (Å²) in [7, 11) is 0. The van der Waals surface area contributed by atoms with Crippen molar-refractivity contribution in [3.05, 3.63) is 28.5 Å². The standard InChI is InChI=1S/C10H10ClNO2/c1-2-6-5-8-7(10(13)14-6)3-4-9(11)12-8/h3-4,6H,2,5H2,1H3. The van der Waals surface area contributed by atoms with Crippen molar-refractivity contribution in [1.29, 1.82) is 0 Å². The zero-order valence-corrected chi connectivity index (χ0v) is 8.54. The van der Waals surface area contributed by atoms with Crippen molar-refractivity contribution in [1.82, 2.24) is 4.98 Å². The van der Waals surface area contributed by atoms with E-state index in [1.54, 1.807) is 12.1 Å². The molecule has 2 rings (SSSR count). The maximum atomic E-state index is 11.5. The van der Waals surface area contributed by atoms with Crippen molar-refractivity contribution < 1.29 is 9.53 Å². The van der Waals surface area contributed by atoms with Gasteiger partial charge in [0.05, 0.1) is 11.3 Å². The molecule has 0 fully saturated rings. The van der Waals surface area contributed by atoms with Crippen LogP contribution in [0.4, 0.5) is 0 Å². The minimum Gasteiger partial charge on any atom is -0.458 e. The molecule has 0 spiro atoms. The van der Waals surface area contributed by atoms with Gasteiger partial charge in [0.15, 0.2) is 0 Å². The lowest BCUT2D eigenvalue weighted by Crippen LogP contribution is -2.27. The lowest BCUT2D eigenvalue weighted by atomic mass is 10.0. The molecule has 1 aromatic heterocycles. The Kier molecular flexibility index (Phi) is 2.42. The van der Waals surface area contributed by atoms with Crippen LogP contribution in [0.1, 0.15) is 29.4 Å². The summed E-state index contributed by atoms with van der Waals surface area (Å²) in [5.41, 5.74) is 1.29. The van der Waals surface area contributed by atoms with Crippen LogP contribution < -0.4 is 0 Å². The van der Waals surface area contributed by atoms with Gasteiger partial charge in [-0.2, -0.15) is 0 Å². The van der Waals surface area contributed by atoms with Crippen molar-refractivity contribution in [2.45, 2.75) is 25.9 Å². The molecule has 1 aliphatic rings. The molecule has 1 aromatic rings. The summed E-state index contributed by atoms with van der Waals surface area (Å²) >= 11 is 5.75. The molecule has 2 heterocycles. The largest absolute Gasteiger partial charge is 0.458 e. The van der Waals surface area contributed by atoms with Gasteiger partial charge in [0.2, 0.25) is 0 Å². The first-order chi connectivity index (χ1) is 6.70. The van der Waals surface area contributed by atoms with E-state index in [-0.39, 0.29) is 12.1 Å². The molecule has 0 amide bonds. The van der Waals surface area contributed by atoms with Crippen LogP contribution in [0.5, 0.6) is 0 Å². The summed E-state index contributed by atoms with van der Waals surface area (Å²) in [4.78, 5) is 15.6. The molecule has 0 aromatic carbocycles. The van der Waals surface area contributed by atoms with Crippen molar-refractivity contribution in [3.63, 3.8) is 0 Å². The second kappa shape index (κ2) is 3.58. The summed E-state index contributed by atoms with van der Waals surface area (Å²) in [5, 5.41) is 0.424. The number of halogens is 1. The minimum absolute atomic E-state index is 0.0547. The van der Waals surface area contributed by atoms with Crippen molar-refractivity contribution >= 4 is 17.6 Å². The highest BCUT2D eigenvalue weighted by atomic mass is 35.5. The maximum Gasteiger partial charge on any atom is 0.340 e. The summed E-state index contributed by atoms with van der Waals surface area (Å²) in [6.07, 6.45) is 1.42. The number of cyclic esters (lactones) is 1. The van der Waals surface area contributed by atoms with Gasteiger partial charge in [-0.3, -0.25) is 0 Å². The predicted molar refractivity (Wildman–Crippen MR) is 52.4 cm³/mol. The average molecular weight is 212 g/mol. The third-order valence-corrected chi connectivity index (χ3v) is 2.52. The Hall–Kier alpha value is -1.09. The van der Waals surface area contributed by atoms with E-state index in [2.05, 4.69) is 4.98 Å². The topological polar surface area (TPSA) is 39.2 Å². The molecular weight excluding hydrogens is 202 g/mol. The third kappa shape index (κ3) is 1.60. The predicted octanol–water partition coefficient (Wildman–Crippen LogP) is 2.23. The molecule has 0 saturated heterocycles. The number of ether oxygens (including phenoxy) is 1. The molecule has 14 heavy (non-hydrogen) atoms. The lowest BCUT2D eigenvalue weighted by Gasteiger charge is -2.22. The highest BCUT2D eigenvalue weighted by Crippen LogP contribution is 2.22. The molecule has 4 heteroatoms. The Morgan fingerprint density at radius 1 is 1.64 bits per heavy atom. The zero-order valence-electron chi connectivity index (χ0n) is 7.79. The van der Waals surface area contributed by atoms with E-state index in [4.69, 9.17) is 16.3 Å². The van der Waals surface area contributed by atoms with Gasteiger partial charge >= 0.3 is 5.97 Å². The number of hydrogen-bond acceptors (Lipinski definition) is 3. The number of nitrogens with zero attached hydrogens (tertiary/aromatic N) is 1. The average Bonchev–Trinajstić information content (AvgIpc) is 2.16. The number of rotatable bonds is 1. The van der Waals surface area contributed by atoms with E-state index in [0.29, 0.717) is 17.1 Å². The number of carbonyl (C=O) groups is 1. The highest BCUT2D eigenvalue weighted by molar-refractivity contribution is 6.29. The molecule has 0 aliphatic carbocycles. The van der Waals surface area contributed by atoms with Crippen LogP contribution in [0.2, 0.25) is 5.15 Å². The smallest absolute Gasteiger partial charge is 0.340 e. The van der Waals surface area contributed by atoms with Crippen molar-refractivity contribution in [2.24, 2.45) is 0 Å². The first kappa shape index (κ1) is 9.46.